The highest BCUT2D eigenvalue weighted by Crippen LogP contribution is 2.58. The van der Waals surface area contributed by atoms with Crippen LogP contribution in [-0.2, 0) is 19.1 Å². The molecule has 0 spiro atoms. The Morgan fingerprint density at radius 1 is 1.19 bits per heavy atom. The van der Waals surface area contributed by atoms with Crippen molar-refractivity contribution in [2.75, 3.05) is 0 Å². The Morgan fingerprint density at radius 3 is 2.45 bits per heavy atom. The van der Waals surface area contributed by atoms with Gasteiger partial charge in [0.05, 0.1) is 11.7 Å². The van der Waals surface area contributed by atoms with Crippen molar-refractivity contribution in [3.05, 3.63) is 34.4 Å². The smallest absolute Gasteiger partial charge is 0.333 e. The zero-order chi connectivity index (χ0) is 22.9. The number of Topliss-reactive ketones (excluding diaryl/α,β-unsaturated/α-hetero) is 1. The van der Waals surface area contributed by atoms with Crippen LogP contribution in [0.1, 0.15) is 67.2 Å². The predicted molar refractivity (Wildman–Crippen MR) is 115 cm³/mol. The third-order valence-electron chi connectivity index (χ3n) is 8.07. The zero-order valence-corrected chi connectivity index (χ0v) is 19.3. The number of fused-ring (bicyclic) bond motifs is 1. The molecule has 2 heterocycles. The Bertz CT molecular complexity index is 924. The lowest BCUT2D eigenvalue weighted by atomic mass is 9.62. The van der Waals surface area contributed by atoms with Crippen LogP contribution in [0.4, 0.5) is 0 Å². The third-order valence-corrected chi connectivity index (χ3v) is 8.07. The van der Waals surface area contributed by atoms with Crippen LogP contribution in [0.15, 0.2) is 34.4 Å². The molecule has 170 valence electrons. The predicted octanol–water partition coefficient (Wildman–Crippen LogP) is 3.37. The second-order valence-corrected chi connectivity index (χ2v) is 10.4. The van der Waals surface area contributed by atoms with Crippen molar-refractivity contribution in [1.82, 2.24) is 0 Å². The van der Waals surface area contributed by atoms with Gasteiger partial charge in [0.25, 0.3) is 0 Å². The molecule has 6 nitrogen and oxygen atoms in total. The van der Waals surface area contributed by atoms with Crippen LogP contribution in [0.3, 0.4) is 0 Å². The van der Waals surface area contributed by atoms with Gasteiger partial charge in [-0.2, -0.15) is 0 Å². The van der Waals surface area contributed by atoms with E-state index in [0.29, 0.717) is 11.1 Å². The van der Waals surface area contributed by atoms with Crippen molar-refractivity contribution in [3.63, 3.8) is 0 Å². The van der Waals surface area contributed by atoms with E-state index in [4.69, 9.17) is 9.47 Å². The van der Waals surface area contributed by atoms with Gasteiger partial charge in [0, 0.05) is 29.6 Å². The highest BCUT2D eigenvalue weighted by molar-refractivity contribution is 6.06. The maximum atomic E-state index is 13.8. The summed E-state index contributed by atoms with van der Waals surface area (Å²) >= 11 is 0. The molecule has 6 heteroatoms. The normalized spacial score (nSPS) is 44.2. The fourth-order valence-electron chi connectivity index (χ4n) is 6.22. The highest BCUT2D eigenvalue weighted by Gasteiger charge is 2.64. The molecule has 0 radical (unpaired) electrons. The Labute approximate surface area is 184 Å². The Kier molecular flexibility index (Phi) is 5.15. The fraction of sp³-hybridized carbons (Fsp3) is 0.680. The SMILES string of the molecule is CC(C)=C[C@H]1O[C@@](C)(CC[C@@]2(O)OC(=O)C=C2C)C2=C1[C@@H](C)[C@@H]1CC[C@H](C)[C@]1(O)C2=O. The van der Waals surface area contributed by atoms with Crippen molar-refractivity contribution in [1.29, 1.82) is 0 Å². The van der Waals surface area contributed by atoms with E-state index >= 15 is 0 Å². The van der Waals surface area contributed by atoms with Gasteiger partial charge < -0.3 is 19.7 Å². The molecule has 0 aromatic rings. The number of carbonyl (C=O) groups is 2. The number of ether oxygens (including phenoxy) is 2. The van der Waals surface area contributed by atoms with Crippen LogP contribution in [0, 0.1) is 17.8 Å². The number of aliphatic hydroxyl groups is 2. The minimum Gasteiger partial charge on any atom is -0.426 e. The largest absolute Gasteiger partial charge is 0.426 e. The molecule has 0 aromatic heterocycles. The van der Waals surface area contributed by atoms with Gasteiger partial charge in [-0.15, -0.1) is 0 Å². The summed E-state index contributed by atoms with van der Waals surface area (Å²) in [6, 6.07) is 0. The molecular formula is C25H34O6. The van der Waals surface area contributed by atoms with E-state index in [9.17, 15) is 19.8 Å². The van der Waals surface area contributed by atoms with Gasteiger partial charge >= 0.3 is 5.97 Å². The van der Waals surface area contributed by atoms with Crippen molar-refractivity contribution in [3.8, 4) is 0 Å². The van der Waals surface area contributed by atoms with Gasteiger partial charge in [-0.3, -0.25) is 4.79 Å². The molecule has 1 fully saturated rings. The third kappa shape index (κ3) is 3.18. The second kappa shape index (κ2) is 7.12. The van der Waals surface area contributed by atoms with Gasteiger partial charge in [0.1, 0.15) is 5.60 Å². The summed E-state index contributed by atoms with van der Waals surface area (Å²) < 4.78 is 11.7. The summed E-state index contributed by atoms with van der Waals surface area (Å²) in [7, 11) is 0. The second-order valence-electron chi connectivity index (χ2n) is 10.4. The van der Waals surface area contributed by atoms with Crippen LogP contribution in [0.2, 0.25) is 0 Å². The first-order valence-electron chi connectivity index (χ1n) is 11.3. The summed E-state index contributed by atoms with van der Waals surface area (Å²) in [5.74, 6) is -2.71. The zero-order valence-electron chi connectivity index (χ0n) is 19.3. The summed E-state index contributed by atoms with van der Waals surface area (Å²) in [5.41, 5.74) is 0.662. The first kappa shape index (κ1) is 22.4. The first-order chi connectivity index (χ1) is 14.3. The lowest BCUT2D eigenvalue weighted by Crippen LogP contribution is -2.55. The van der Waals surface area contributed by atoms with E-state index in [1.165, 1.54) is 6.08 Å². The molecule has 2 N–H and O–H groups in total. The van der Waals surface area contributed by atoms with Crippen molar-refractivity contribution in [2.24, 2.45) is 17.8 Å². The average molecular weight is 431 g/mol. The Morgan fingerprint density at radius 2 is 1.87 bits per heavy atom. The van der Waals surface area contributed by atoms with Crippen molar-refractivity contribution in [2.45, 2.75) is 90.3 Å². The average Bonchev–Trinajstić information content (AvgIpc) is 3.22. The summed E-state index contributed by atoms with van der Waals surface area (Å²) in [6.45, 7) is 11.5. The van der Waals surface area contributed by atoms with Crippen molar-refractivity contribution < 1.29 is 29.3 Å². The van der Waals surface area contributed by atoms with E-state index in [2.05, 4.69) is 6.92 Å². The maximum Gasteiger partial charge on any atom is 0.333 e. The maximum absolute atomic E-state index is 13.8. The number of hydrogen-bond acceptors (Lipinski definition) is 6. The van der Waals surface area contributed by atoms with Crippen LogP contribution in [0.25, 0.3) is 0 Å². The van der Waals surface area contributed by atoms with Crippen LogP contribution in [0.5, 0.6) is 0 Å². The van der Waals surface area contributed by atoms with Crippen LogP contribution >= 0.6 is 0 Å². The van der Waals surface area contributed by atoms with Crippen LogP contribution in [-0.4, -0.2) is 45.1 Å². The lowest BCUT2D eigenvalue weighted by Gasteiger charge is -2.43. The van der Waals surface area contributed by atoms with E-state index in [1.807, 2.05) is 33.8 Å². The Balaban J connectivity index is 1.75. The van der Waals surface area contributed by atoms with E-state index in [0.717, 1.165) is 24.0 Å². The summed E-state index contributed by atoms with van der Waals surface area (Å²) in [6.07, 6.45) is 5.00. The van der Waals surface area contributed by atoms with E-state index in [1.54, 1.807) is 6.92 Å². The van der Waals surface area contributed by atoms with Crippen LogP contribution < -0.4 is 0 Å². The molecule has 0 aromatic carbocycles. The van der Waals surface area contributed by atoms with Crippen molar-refractivity contribution >= 4 is 11.8 Å². The fourth-order valence-corrected chi connectivity index (χ4v) is 6.22. The molecule has 1 saturated carbocycles. The molecule has 31 heavy (non-hydrogen) atoms. The van der Waals surface area contributed by atoms with E-state index in [-0.39, 0.29) is 42.5 Å². The highest BCUT2D eigenvalue weighted by atomic mass is 16.7. The molecule has 4 aliphatic rings. The number of hydrogen-bond donors (Lipinski definition) is 2. The quantitative estimate of drug-likeness (QED) is 0.525. The van der Waals surface area contributed by atoms with Gasteiger partial charge in [-0.05, 0) is 64.4 Å². The molecule has 4 rings (SSSR count). The molecule has 2 aliphatic carbocycles. The number of allylic oxidation sites excluding steroid dienone is 1. The van der Waals surface area contributed by atoms with Gasteiger partial charge in [0.15, 0.2) is 5.78 Å². The first-order valence-corrected chi connectivity index (χ1v) is 11.3. The topological polar surface area (TPSA) is 93.1 Å². The lowest BCUT2D eigenvalue weighted by molar-refractivity contribution is -0.186. The molecule has 7 atom stereocenters. The minimum absolute atomic E-state index is 0.0131. The monoisotopic (exact) mass is 430 g/mol. The minimum atomic E-state index is -1.69. The number of cyclic esters (lactones) is 1. The molecule has 0 saturated heterocycles. The molecule has 2 aliphatic heterocycles. The standard InChI is InChI=1S/C25H34O6/c1-13(2)11-18-20-16(5)17-8-7-14(3)25(17,29)22(27)21(20)23(6,30-18)9-10-24(28)15(4)12-19(26)31-24/h11-12,14,16-18,28-29H,7-10H2,1-6H3/t14-,16-,17-,18+,23-,24+,25+/m0/s1. The van der Waals surface area contributed by atoms with Gasteiger partial charge in [-0.25, -0.2) is 4.79 Å². The molecular weight excluding hydrogens is 396 g/mol. The molecule has 0 amide bonds. The number of ketones is 1. The summed E-state index contributed by atoms with van der Waals surface area (Å²) in [5, 5.41) is 22.4. The molecule has 0 unspecified atom stereocenters. The van der Waals surface area contributed by atoms with Gasteiger partial charge in [-0.1, -0.05) is 25.5 Å². The van der Waals surface area contributed by atoms with Gasteiger partial charge in [0.2, 0.25) is 5.79 Å². The van der Waals surface area contributed by atoms with E-state index < -0.39 is 23.0 Å². The Hall–Kier alpha value is -1.76. The number of carbonyl (C=O) groups excluding carboxylic acids is 2. The summed E-state index contributed by atoms with van der Waals surface area (Å²) in [4.78, 5) is 25.5. The number of esters is 1. The molecule has 0 bridgehead atoms. The number of rotatable bonds is 4.